The summed E-state index contributed by atoms with van der Waals surface area (Å²) in [7, 11) is 1.93. The van der Waals surface area contributed by atoms with Crippen LogP contribution in [-0.4, -0.2) is 31.1 Å². The fourth-order valence-corrected chi connectivity index (χ4v) is 1.68. The molecule has 0 aliphatic rings. The van der Waals surface area contributed by atoms with E-state index in [1.54, 1.807) is 6.33 Å². The lowest BCUT2D eigenvalue weighted by molar-refractivity contribution is 0.555. The summed E-state index contributed by atoms with van der Waals surface area (Å²) in [4.78, 5) is 4.24. The van der Waals surface area contributed by atoms with Crippen molar-refractivity contribution in [1.82, 2.24) is 29.9 Å². The molecule has 0 aliphatic carbocycles. The Morgan fingerprint density at radius 3 is 2.94 bits per heavy atom. The van der Waals surface area contributed by atoms with Crippen LogP contribution in [0.5, 0.6) is 0 Å². The fourth-order valence-electron chi connectivity index (χ4n) is 1.68. The van der Waals surface area contributed by atoms with E-state index in [9.17, 15) is 0 Å². The van der Waals surface area contributed by atoms with Crippen LogP contribution in [0.3, 0.4) is 0 Å². The molecule has 0 atom stereocenters. The van der Waals surface area contributed by atoms with Gasteiger partial charge in [0.1, 0.15) is 12.2 Å². The number of nitrogens with zero attached hydrogens (tertiary/aromatic N) is 5. The molecule has 1 N–H and O–H groups in total. The number of nitrogens with one attached hydrogen (secondary N) is 1. The fraction of sp³-hybridized carbons (Fsp3) is 0.545. The maximum absolute atomic E-state index is 4.24. The summed E-state index contributed by atoms with van der Waals surface area (Å²) in [6, 6.07) is 0. The predicted octanol–water partition coefficient (Wildman–Crippen LogP) is 0.364. The minimum absolute atomic E-state index is 0.767. The Morgan fingerprint density at radius 1 is 1.35 bits per heavy atom. The van der Waals surface area contributed by atoms with Gasteiger partial charge in [0.05, 0.1) is 12.7 Å². The summed E-state index contributed by atoms with van der Waals surface area (Å²) in [5.41, 5.74) is 1.22. The van der Waals surface area contributed by atoms with Gasteiger partial charge in [-0.3, -0.25) is 4.68 Å². The Morgan fingerprint density at radius 2 is 2.24 bits per heavy atom. The van der Waals surface area contributed by atoms with Crippen LogP contribution in [0.15, 0.2) is 18.7 Å². The number of rotatable bonds is 6. The number of hydrogen-bond acceptors (Lipinski definition) is 4. The Kier molecular flexibility index (Phi) is 3.87. The SMILES string of the molecule is CCNCc1ncnn1CCc1cnn(C)c1. The molecule has 2 rings (SSSR count). The quantitative estimate of drug-likeness (QED) is 0.784. The Labute approximate surface area is 101 Å². The molecule has 92 valence electrons. The topological polar surface area (TPSA) is 60.6 Å². The van der Waals surface area contributed by atoms with Gasteiger partial charge < -0.3 is 5.32 Å². The molecule has 0 amide bonds. The van der Waals surface area contributed by atoms with Gasteiger partial charge in [-0.15, -0.1) is 0 Å². The van der Waals surface area contributed by atoms with Crippen LogP contribution >= 0.6 is 0 Å². The molecule has 0 saturated carbocycles. The molecule has 0 fully saturated rings. The van der Waals surface area contributed by atoms with Crippen LogP contribution in [0.1, 0.15) is 18.3 Å². The van der Waals surface area contributed by atoms with E-state index in [4.69, 9.17) is 0 Å². The van der Waals surface area contributed by atoms with Crippen molar-refractivity contribution in [3.63, 3.8) is 0 Å². The lowest BCUT2D eigenvalue weighted by Gasteiger charge is -2.05. The second kappa shape index (κ2) is 5.58. The van der Waals surface area contributed by atoms with E-state index in [1.165, 1.54) is 5.56 Å². The summed E-state index contributed by atoms with van der Waals surface area (Å²) in [5, 5.41) is 11.6. The van der Waals surface area contributed by atoms with Gasteiger partial charge in [0, 0.05) is 19.8 Å². The van der Waals surface area contributed by atoms with E-state index in [-0.39, 0.29) is 0 Å². The molecular formula is C11H18N6. The zero-order valence-electron chi connectivity index (χ0n) is 10.3. The Bertz CT molecular complexity index is 458. The zero-order chi connectivity index (χ0) is 12.1. The van der Waals surface area contributed by atoms with Gasteiger partial charge in [0.15, 0.2) is 0 Å². The zero-order valence-corrected chi connectivity index (χ0v) is 10.3. The summed E-state index contributed by atoms with van der Waals surface area (Å²) in [5.74, 6) is 0.982. The second-order valence-electron chi connectivity index (χ2n) is 3.95. The monoisotopic (exact) mass is 234 g/mol. The highest BCUT2D eigenvalue weighted by atomic mass is 15.3. The average molecular weight is 234 g/mol. The molecular weight excluding hydrogens is 216 g/mol. The van der Waals surface area contributed by atoms with Crippen LogP contribution < -0.4 is 5.32 Å². The molecule has 6 heteroatoms. The van der Waals surface area contributed by atoms with Gasteiger partial charge in [-0.1, -0.05) is 6.92 Å². The maximum Gasteiger partial charge on any atom is 0.140 e. The smallest absolute Gasteiger partial charge is 0.140 e. The molecule has 0 aliphatic heterocycles. The van der Waals surface area contributed by atoms with E-state index in [2.05, 4.69) is 27.4 Å². The molecule has 6 nitrogen and oxygen atoms in total. The minimum atomic E-state index is 0.767. The molecule has 2 heterocycles. The first-order valence-corrected chi connectivity index (χ1v) is 5.84. The Balaban J connectivity index is 1.92. The lowest BCUT2D eigenvalue weighted by atomic mass is 10.2. The van der Waals surface area contributed by atoms with Crippen LogP contribution in [0.4, 0.5) is 0 Å². The van der Waals surface area contributed by atoms with E-state index in [0.717, 1.165) is 31.9 Å². The summed E-state index contributed by atoms with van der Waals surface area (Å²) < 4.78 is 3.76. The van der Waals surface area contributed by atoms with Crippen molar-refractivity contribution in [3.8, 4) is 0 Å². The molecule has 0 aromatic carbocycles. The van der Waals surface area contributed by atoms with Gasteiger partial charge in [-0.05, 0) is 18.5 Å². The largest absolute Gasteiger partial charge is 0.310 e. The number of aryl methyl sites for hydroxylation is 3. The highest BCUT2D eigenvalue weighted by Crippen LogP contribution is 2.01. The van der Waals surface area contributed by atoms with Gasteiger partial charge in [0.2, 0.25) is 0 Å². The summed E-state index contributed by atoms with van der Waals surface area (Å²) >= 11 is 0. The van der Waals surface area contributed by atoms with Crippen molar-refractivity contribution < 1.29 is 0 Å². The molecule has 0 spiro atoms. The van der Waals surface area contributed by atoms with Crippen molar-refractivity contribution in [3.05, 3.63) is 30.1 Å². The predicted molar refractivity (Wildman–Crippen MR) is 64.3 cm³/mol. The van der Waals surface area contributed by atoms with E-state index < -0.39 is 0 Å². The van der Waals surface area contributed by atoms with Crippen LogP contribution in [0, 0.1) is 0 Å². The standard InChI is InChI=1S/C11H18N6/c1-3-12-7-11-13-9-15-17(11)5-4-10-6-14-16(2)8-10/h6,8-9,12H,3-5,7H2,1-2H3. The third-order valence-electron chi connectivity index (χ3n) is 2.60. The number of hydrogen-bond donors (Lipinski definition) is 1. The van der Waals surface area contributed by atoms with Crippen LogP contribution in [-0.2, 0) is 26.6 Å². The molecule has 0 unspecified atom stereocenters. The van der Waals surface area contributed by atoms with E-state index >= 15 is 0 Å². The third kappa shape index (κ3) is 3.13. The first-order valence-electron chi connectivity index (χ1n) is 5.84. The van der Waals surface area contributed by atoms with Crippen LogP contribution in [0.2, 0.25) is 0 Å². The van der Waals surface area contributed by atoms with Crippen molar-refractivity contribution >= 4 is 0 Å². The molecule has 0 radical (unpaired) electrons. The van der Waals surface area contributed by atoms with Crippen molar-refractivity contribution in [2.24, 2.45) is 7.05 Å². The summed E-state index contributed by atoms with van der Waals surface area (Å²) in [6.45, 7) is 4.63. The first-order chi connectivity index (χ1) is 8.29. The van der Waals surface area contributed by atoms with E-state index in [0.29, 0.717) is 0 Å². The van der Waals surface area contributed by atoms with Crippen molar-refractivity contribution in [2.75, 3.05) is 6.54 Å². The highest BCUT2D eigenvalue weighted by molar-refractivity contribution is 5.03. The maximum atomic E-state index is 4.24. The van der Waals surface area contributed by atoms with Gasteiger partial charge >= 0.3 is 0 Å². The second-order valence-corrected chi connectivity index (χ2v) is 3.95. The molecule has 0 bridgehead atoms. The van der Waals surface area contributed by atoms with Crippen molar-refractivity contribution in [1.29, 1.82) is 0 Å². The van der Waals surface area contributed by atoms with E-state index in [1.807, 2.05) is 28.8 Å². The highest BCUT2D eigenvalue weighted by Gasteiger charge is 2.04. The number of aromatic nitrogens is 5. The third-order valence-corrected chi connectivity index (χ3v) is 2.60. The van der Waals surface area contributed by atoms with Gasteiger partial charge in [-0.2, -0.15) is 10.2 Å². The van der Waals surface area contributed by atoms with Gasteiger partial charge in [0.25, 0.3) is 0 Å². The van der Waals surface area contributed by atoms with Gasteiger partial charge in [-0.25, -0.2) is 9.67 Å². The molecule has 0 saturated heterocycles. The van der Waals surface area contributed by atoms with Crippen LogP contribution in [0.25, 0.3) is 0 Å². The normalized spacial score (nSPS) is 10.9. The lowest BCUT2D eigenvalue weighted by Crippen LogP contribution is -2.17. The minimum Gasteiger partial charge on any atom is -0.310 e. The average Bonchev–Trinajstić information content (AvgIpc) is 2.92. The molecule has 2 aromatic rings. The molecule has 17 heavy (non-hydrogen) atoms. The molecule has 2 aromatic heterocycles. The Hall–Kier alpha value is -1.69. The van der Waals surface area contributed by atoms with Crippen molar-refractivity contribution in [2.45, 2.75) is 26.4 Å². The summed E-state index contributed by atoms with van der Waals surface area (Å²) in [6.07, 6.45) is 6.45. The first kappa shape index (κ1) is 11.8.